The second-order valence-corrected chi connectivity index (χ2v) is 13.2. The molecule has 2 aliphatic heterocycles. The van der Waals surface area contributed by atoms with Crippen LogP contribution in [0, 0.1) is 6.92 Å². The third-order valence-electron chi connectivity index (χ3n) is 9.28. The number of amides is 2. The minimum atomic E-state index is -4.62. The van der Waals surface area contributed by atoms with E-state index in [9.17, 15) is 32.7 Å². The Hall–Kier alpha value is -5.71. The van der Waals surface area contributed by atoms with Gasteiger partial charge in [0.15, 0.2) is 17.3 Å². The summed E-state index contributed by atoms with van der Waals surface area (Å²) in [6.45, 7) is 5.77. The number of benzene rings is 2. The summed E-state index contributed by atoms with van der Waals surface area (Å²) in [5, 5.41) is 17.3. The van der Waals surface area contributed by atoms with Crippen LogP contribution in [0.15, 0.2) is 47.5 Å². The van der Waals surface area contributed by atoms with Gasteiger partial charge < -0.3 is 29.5 Å². The summed E-state index contributed by atoms with van der Waals surface area (Å²) in [7, 11) is 0. The summed E-state index contributed by atoms with van der Waals surface area (Å²) in [6, 6.07) is 8.13. The first-order valence-electron chi connectivity index (χ1n) is 16.8. The Kier molecular flexibility index (Phi) is 9.21. The highest BCUT2D eigenvalue weighted by Crippen LogP contribution is 2.35. The molecule has 3 aromatic heterocycles. The lowest BCUT2D eigenvalue weighted by molar-refractivity contribution is -0.137. The van der Waals surface area contributed by atoms with Crippen LogP contribution in [0.25, 0.3) is 17.2 Å². The van der Waals surface area contributed by atoms with Crippen molar-refractivity contribution in [3.63, 3.8) is 0 Å². The first-order valence-corrected chi connectivity index (χ1v) is 17.1. The average Bonchev–Trinajstić information content (AvgIpc) is 3.74. The molecule has 1 atom stereocenters. The molecule has 53 heavy (non-hydrogen) atoms. The number of nitrogens with zero attached hydrogens (tertiary/aromatic N) is 8. The van der Waals surface area contributed by atoms with Gasteiger partial charge in [-0.1, -0.05) is 18.5 Å². The molecule has 1 unspecified atom stereocenters. The van der Waals surface area contributed by atoms with Crippen molar-refractivity contribution < 1.29 is 32.6 Å². The number of nitrogens with one attached hydrogen (secondary N) is 1. The predicted molar refractivity (Wildman–Crippen MR) is 187 cm³/mol. The average molecular weight is 752 g/mol. The molecule has 18 heteroatoms. The van der Waals surface area contributed by atoms with E-state index in [4.69, 9.17) is 21.3 Å². The Morgan fingerprint density at radius 1 is 1.09 bits per heavy atom. The summed E-state index contributed by atoms with van der Waals surface area (Å²) in [5.41, 5.74) is 0.971. The number of anilines is 2. The summed E-state index contributed by atoms with van der Waals surface area (Å²) < 4.78 is 48.3. The standard InChI is InChI=1S/C35H33ClF3N9O5/c1-4-25-29(45-9-11-46(12-10-45)32(51)28-30(50)19(3)40-17-41-28)33(52)48-34(43-31(44-48)20-5-8-26-21(14-20)13-18(2)53-26)47(25)16-27(49)42-24-7-6-22(15-23(24)36)35(37,38)39/h5-8,14-15,17-18,50H,4,9-13,16H2,1-3H3,(H,42,49). The van der Waals surface area contributed by atoms with Gasteiger partial charge in [0.1, 0.15) is 30.4 Å². The van der Waals surface area contributed by atoms with Gasteiger partial charge in [0.05, 0.1) is 27.7 Å². The van der Waals surface area contributed by atoms with Gasteiger partial charge in [-0.3, -0.25) is 14.4 Å². The molecule has 0 radical (unpaired) electrons. The van der Waals surface area contributed by atoms with E-state index in [1.165, 1.54) is 11.2 Å². The molecular formula is C35H33ClF3N9O5. The maximum Gasteiger partial charge on any atom is 0.416 e. The topological polar surface area (TPSA) is 160 Å². The van der Waals surface area contributed by atoms with Gasteiger partial charge in [0, 0.05) is 38.2 Å². The SMILES string of the molecule is CCc1c(N2CCN(C(=O)c3ncnc(C)c3O)CC2)c(=O)n2nc(-c3ccc4c(c3)CC(C)O4)nc2n1CC(=O)Nc1ccc(C(F)(F)F)cc1Cl. The number of halogens is 4. The number of aryl methyl sites for hydroxylation is 1. The Morgan fingerprint density at radius 2 is 1.85 bits per heavy atom. The molecule has 2 amide bonds. The van der Waals surface area contributed by atoms with E-state index in [2.05, 4.69) is 20.4 Å². The third-order valence-corrected chi connectivity index (χ3v) is 9.59. The van der Waals surface area contributed by atoms with Crippen molar-refractivity contribution >= 4 is 40.6 Å². The third kappa shape index (κ3) is 6.71. The van der Waals surface area contributed by atoms with Crippen LogP contribution >= 0.6 is 11.6 Å². The van der Waals surface area contributed by atoms with Crippen molar-refractivity contribution in [3.8, 4) is 22.9 Å². The number of carbonyl (C=O) groups is 2. The molecule has 0 aliphatic carbocycles. The lowest BCUT2D eigenvalue weighted by Crippen LogP contribution is -2.51. The number of rotatable bonds is 7. The van der Waals surface area contributed by atoms with E-state index >= 15 is 0 Å². The Bertz CT molecular complexity index is 2340. The molecule has 7 rings (SSSR count). The zero-order valence-corrected chi connectivity index (χ0v) is 29.5. The normalized spacial score (nSPS) is 15.8. The molecule has 5 heterocycles. The van der Waals surface area contributed by atoms with Crippen LogP contribution < -0.4 is 20.5 Å². The fraction of sp³-hybridized carbons (Fsp3) is 0.343. The van der Waals surface area contributed by atoms with E-state index in [1.807, 2.05) is 30.9 Å². The zero-order valence-electron chi connectivity index (χ0n) is 28.7. The van der Waals surface area contributed by atoms with Gasteiger partial charge in [0.2, 0.25) is 11.7 Å². The van der Waals surface area contributed by atoms with Crippen LogP contribution in [-0.4, -0.2) is 83.2 Å². The monoisotopic (exact) mass is 751 g/mol. The van der Waals surface area contributed by atoms with Gasteiger partial charge in [0.25, 0.3) is 11.5 Å². The Morgan fingerprint density at radius 3 is 2.55 bits per heavy atom. The number of hydrogen-bond acceptors (Lipinski definition) is 10. The van der Waals surface area contributed by atoms with Crippen molar-refractivity contribution in [1.29, 1.82) is 0 Å². The number of fused-ring (bicyclic) bond motifs is 2. The van der Waals surface area contributed by atoms with Crippen LogP contribution in [0.3, 0.4) is 0 Å². The molecule has 1 saturated heterocycles. The smallest absolute Gasteiger partial charge is 0.416 e. The number of ether oxygens (including phenoxy) is 1. The summed E-state index contributed by atoms with van der Waals surface area (Å²) >= 11 is 6.14. The van der Waals surface area contributed by atoms with Gasteiger partial charge in [-0.25, -0.2) is 9.97 Å². The zero-order chi connectivity index (χ0) is 37.8. The number of hydrogen-bond donors (Lipinski definition) is 2. The molecule has 0 spiro atoms. The van der Waals surface area contributed by atoms with E-state index in [0.717, 1.165) is 34.0 Å². The van der Waals surface area contributed by atoms with Crippen LogP contribution in [-0.2, 0) is 30.4 Å². The summed E-state index contributed by atoms with van der Waals surface area (Å²) in [6.07, 6.45) is -2.45. The molecule has 5 aromatic rings. The van der Waals surface area contributed by atoms with Crippen LogP contribution in [0.2, 0.25) is 5.02 Å². The van der Waals surface area contributed by atoms with Crippen molar-refractivity contribution in [2.24, 2.45) is 0 Å². The van der Waals surface area contributed by atoms with Gasteiger partial charge in [-0.05, 0) is 62.2 Å². The number of aromatic hydroxyl groups is 1. The van der Waals surface area contributed by atoms with Crippen LogP contribution in [0.4, 0.5) is 24.5 Å². The number of alkyl halides is 3. The molecule has 2 aromatic carbocycles. The highest BCUT2D eigenvalue weighted by molar-refractivity contribution is 6.33. The summed E-state index contributed by atoms with van der Waals surface area (Å²) in [4.78, 5) is 57.1. The molecule has 2 N–H and O–H groups in total. The fourth-order valence-corrected chi connectivity index (χ4v) is 6.87. The fourth-order valence-electron chi connectivity index (χ4n) is 6.65. The van der Waals surface area contributed by atoms with Crippen LogP contribution in [0.1, 0.15) is 46.9 Å². The number of carbonyl (C=O) groups excluding carboxylic acids is 2. The highest BCUT2D eigenvalue weighted by atomic mass is 35.5. The predicted octanol–water partition coefficient (Wildman–Crippen LogP) is 4.52. The van der Waals surface area contributed by atoms with E-state index in [-0.39, 0.29) is 83.8 Å². The van der Waals surface area contributed by atoms with Gasteiger partial charge in [-0.2, -0.15) is 22.7 Å². The van der Waals surface area contributed by atoms with Crippen LogP contribution in [0.5, 0.6) is 11.5 Å². The van der Waals surface area contributed by atoms with Crippen molar-refractivity contribution in [1.82, 2.24) is 34.0 Å². The molecule has 0 saturated carbocycles. The number of aromatic nitrogens is 6. The Labute approximate surface area is 304 Å². The van der Waals surface area contributed by atoms with E-state index in [0.29, 0.717) is 17.7 Å². The first-order chi connectivity index (χ1) is 25.2. The van der Waals surface area contributed by atoms with E-state index in [1.54, 1.807) is 17.6 Å². The van der Waals surface area contributed by atoms with Crippen molar-refractivity contribution in [2.75, 3.05) is 36.4 Å². The maximum atomic E-state index is 14.3. The molecule has 276 valence electrons. The molecule has 1 fully saturated rings. The van der Waals surface area contributed by atoms with Gasteiger partial charge >= 0.3 is 6.18 Å². The maximum absolute atomic E-state index is 14.3. The molecule has 2 aliphatic rings. The molecule has 14 nitrogen and oxygen atoms in total. The second kappa shape index (κ2) is 13.7. The van der Waals surface area contributed by atoms with Crippen molar-refractivity contribution in [2.45, 2.75) is 52.4 Å². The second-order valence-electron chi connectivity index (χ2n) is 12.8. The summed E-state index contributed by atoms with van der Waals surface area (Å²) in [5.74, 6) is -0.357. The minimum absolute atomic E-state index is 0.00237. The Balaban J connectivity index is 1.25. The quantitative estimate of drug-likeness (QED) is 0.242. The largest absolute Gasteiger partial charge is 0.504 e. The lowest BCUT2D eigenvalue weighted by atomic mass is 10.1. The van der Waals surface area contributed by atoms with E-state index < -0.39 is 35.7 Å². The van der Waals surface area contributed by atoms with Crippen molar-refractivity contribution in [3.05, 3.63) is 86.3 Å². The highest BCUT2D eigenvalue weighted by Gasteiger charge is 2.32. The minimum Gasteiger partial charge on any atom is -0.504 e. The molecular weight excluding hydrogens is 719 g/mol. The van der Waals surface area contributed by atoms with Gasteiger partial charge in [-0.15, -0.1) is 5.10 Å². The number of piperazine rings is 1. The molecule has 0 bridgehead atoms. The first kappa shape index (κ1) is 35.7. The lowest BCUT2D eigenvalue weighted by Gasteiger charge is -2.36.